The van der Waals surface area contributed by atoms with Crippen LogP contribution in [0.15, 0.2) is 16.6 Å². The lowest BCUT2D eigenvalue weighted by Gasteiger charge is -2.43. The third-order valence-electron chi connectivity index (χ3n) is 4.74. The lowest BCUT2D eigenvalue weighted by atomic mass is 9.76. The lowest BCUT2D eigenvalue weighted by Crippen LogP contribution is -2.47. The van der Waals surface area contributed by atoms with Crippen LogP contribution in [0.5, 0.6) is 5.75 Å². The van der Waals surface area contributed by atoms with Crippen LogP contribution in [0.3, 0.4) is 0 Å². The molecule has 24 heavy (non-hydrogen) atoms. The maximum absolute atomic E-state index is 11.2. The van der Waals surface area contributed by atoms with E-state index in [2.05, 4.69) is 26.1 Å². The number of phenolic OH excluding ortho intramolecular Hbond substituents is 1. The largest absolute Gasteiger partial charge is 0.502 e. The first-order valence-electron chi connectivity index (χ1n) is 7.69. The predicted molar refractivity (Wildman–Crippen MR) is 101 cm³/mol. The van der Waals surface area contributed by atoms with E-state index in [0.29, 0.717) is 16.0 Å². The van der Waals surface area contributed by atoms with Crippen molar-refractivity contribution in [3.63, 3.8) is 0 Å². The third-order valence-corrected chi connectivity index (χ3v) is 5.20. The van der Waals surface area contributed by atoms with Gasteiger partial charge in [0.25, 0.3) is 0 Å². The molecular weight excluding hydrogens is 421 g/mol. The Bertz CT molecular complexity index is 581. The number of nitro groups is 1. The molecule has 0 amide bonds. The minimum absolute atomic E-state index is 0. The number of nitrogens with one attached hydrogen (secondary N) is 1. The van der Waals surface area contributed by atoms with E-state index in [4.69, 9.17) is 0 Å². The number of aromatic hydroxyl groups is 1. The molecule has 1 atom stereocenters. The van der Waals surface area contributed by atoms with E-state index in [1.54, 1.807) is 0 Å². The van der Waals surface area contributed by atoms with Crippen LogP contribution < -0.4 is 5.32 Å². The average molecular weight is 443 g/mol. The van der Waals surface area contributed by atoms with Crippen molar-refractivity contribution in [2.24, 2.45) is 5.92 Å². The Kier molecular flexibility index (Phi) is 8.22. The first-order valence-corrected chi connectivity index (χ1v) is 8.49. The molecule has 0 radical (unpaired) electrons. The fraction of sp³-hybridized carbons (Fsp3) is 0.600. The highest BCUT2D eigenvalue weighted by Gasteiger charge is 2.37. The zero-order valence-corrected chi connectivity index (χ0v) is 16.3. The summed E-state index contributed by atoms with van der Waals surface area (Å²) < 4.78 is 0.645. The smallest absolute Gasteiger partial charge is 0.312 e. The van der Waals surface area contributed by atoms with Gasteiger partial charge < -0.3 is 10.4 Å². The molecule has 0 bridgehead atoms. The van der Waals surface area contributed by atoms with E-state index in [1.165, 1.54) is 12.5 Å². The van der Waals surface area contributed by atoms with Crippen LogP contribution in [-0.4, -0.2) is 41.1 Å². The maximum Gasteiger partial charge on any atom is 0.312 e. The summed E-state index contributed by atoms with van der Waals surface area (Å²) in [7, 11) is 0. The first kappa shape index (κ1) is 21.4. The summed E-state index contributed by atoms with van der Waals surface area (Å²) in [5.41, 5.74) is 0.469. The molecule has 1 aromatic rings. The number of rotatable bonds is 4. The van der Waals surface area contributed by atoms with E-state index >= 15 is 0 Å². The molecule has 2 N–H and O–H groups in total. The zero-order chi connectivity index (χ0) is 15.7. The molecule has 1 heterocycles. The van der Waals surface area contributed by atoms with Crippen LogP contribution in [0, 0.1) is 16.0 Å². The minimum atomic E-state index is -0.515. The van der Waals surface area contributed by atoms with Gasteiger partial charge in [-0.2, -0.15) is 0 Å². The highest BCUT2D eigenvalue weighted by Crippen LogP contribution is 2.47. The van der Waals surface area contributed by atoms with Crippen molar-refractivity contribution in [2.75, 3.05) is 26.2 Å². The number of hydrogen-bond acceptors (Lipinski definition) is 5. The summed E-state index contributed by atoms with van der Waals surface area (Å²) in [6.45, 7) is 3.64. The van der Waals surface area contributed by atoms with Gasteiger partial charge in [-0.25, -0.2) is 0 Å². The molecular formula is C15H22BrCl2N3O3. The molecule has 0 unspecified atom stereocenters. The van der Waals surface area contributed by atoms with Crippen molar-refractivity contribution < 1.29 is 10.0 Å². The monoisotopic (exact) mass is 441 g/mol. The van der Waals surface area contributed by atoms with Crippen molar-refractivity contribution in [1.29, 1.82) is 0 Å². The molecule has 3 rings (SSSR count). The maximum atomic E-state index is 11.2. The van der Waals surface area contributed by atoms with Gasteiger partial charge in [0.1, 0.15) is 0 Å². The Labute approximate surface area is 162 Å². The number of nitrogens with zero attached hydrogens (tertiary/aromatic N) is 2. The van der Waals surface area contributed by atoms with Crippen molar-refractivity contribution in [3.8, 4) is 5.75 Å². The predicted octanol–water partition coefficient (Wildman–Crippen LogP) is 3.65. The van der Waals surface area contributed by atoms with Gasteiger partial charge >= 0.3 is 5.69 Å². The third kappa shape index (κ3) is 4.32. The van der Waals surface area contributed by atoms with Crippen LogP contribution in [0.2, 0.25) is 0 Å². The lowest BCUT2D eigenvalue weighted by molar-refractivity contribution is -0.386. The number of nitro benzene ring substituents is 1. The van der Waals surface area contributed by atoms with Gasteiger partial charge in [-0.1, -0.05) is 22.4 Å². The van der Waals surface area contributed by atoms with Gasteiger partial charge in [0.15, 0.2) is 5.75 Å². The standard InChI is InChI=1S/C15H20BrN3O3.2ClH/c16-11-8-12(15(20)13(9-11)19(21)22)14(10-2-1-3-10)18-6-4-17-5-7-18;;/h8-10,14,17,20H,1-7H2;2*1H/t14-;;/m1../s1. The molecule has 0 aromatic heterocycles. The summed E-state index contributed by atoms with van der Waals surface area (Å²) in [5, 5.41) is 25.0. The Morgan fingerprint density at radius 1 is 1.29 bits per heavy atom. The van der Waals surface area contributed by atoms with E-state index in [0.717, 1.165) is 39.0 Å². The summed E-state index contributed by atoms with van der Waals surface area (Å²) in [6, 6.07) is 3.27. The molecule has 1 aliphatic heterocycles. The molecule has 9 heteroatoms. The fourth-order valence-corrected chi connectivity index (χ4v) is 3.90. The quantitative estimate of drug-likeness (QED) is 0.549. The summed E-state index contributed by atoms with van der Waals surface area (Å²) >= 11 is 3.35. The number of hydrogen-bond donors (Lipinski definition) is 2. The van der Waals surface area contributed by atoms with Gasteiger partial charge in [-0.15, -0.1) is 24.8 Å². The number of piperazine rings is 1. The summed E-state index contributed by atoms with van der Waals surface area (Å²) in [4.78, 5) is 13.0. The topological polar surface area (TPSA) is 78.6 Å². The molecule has 2 fully saturated rings. The van der Waals surface area contributed by atoms with E-state index in [1.807, 2.05) is 6.07 Å². The van der Waals surface area contributed by atoms with Gasteiger partial charge in [0.05, 0.1) is 4.92 Å². The zero-order valence-electron chi connectivity index (χ0n) is 13.1. The second-order valence-corrected chi connectivity index (χ2v) is 6.96. The van der Waals surface area contributed by atoms with Gasteiger partial charge in [-0.3, -0.25) is 15.0 Å². The van der Waals surface area contributed by atoms with Crippen LogP contribution in [0.25, 0.3) is 0 Å². The Hall–Kier alpha value is -0.600. The van der Waals surface area contributed by atoms with Gasteiger partial charge in [0, 0.05) is 48.3 Å². The Morgan fingerprint density at radius 2 is 1.92 bits per heavy atom. The molecule has 2 aliphatic rings. The molecule has 136 valence electrons. The summed E-state index contributed by atoms with van der Waals surface area (Å²) in [5.74, 6) is 0.293. The van der Waals surface area contributed by atoms with Crippen molar-refractivity contribution >= 4 is 46.4 Å². The number of phenols is 1. The second-order valence-electron chi connectivity index (χ2n) is 6.04. The molecule has 1 saturated carbocycles. The molecule has 1 aromatic carbocycles. The number of halogens is 3. The van der Waals surface area contributed by atoms with Crippen molar-refractivity contribution in [1.82, 2.24) is 10.2 Å². The van der Waals surface area contributed by atoms with Gasteiger partial charge in [-0.05, 0) is 24.8 Å². The van der Waals surface area contributed by atoms with Gasteiger partial charge in [0.2, 0.25) is 0 Å². The second kappa shape index (κ2) is 9.20. The highest BCUT2D eigenvalue weighted by atomic mass is 79.9. The van der Waals surface area contributed by atoms with Crippen molar-refractivity contribution in [3.05, 3.63) is 32.3 Å². The Morgan fingerprint density at radius 3 is 2.42 bits per heavy atom. The van der Waals surface area contributed by atoms with Crippen LogP contribution >= 0.6 is 40.7 Å². The van der Waals surface area contributed by atoms with E-state index in [9.17, 15) is 15.2 Å². The van der Waals surface area contributed by atoms with Crippen LogP contribution in [0.1, 0.15) is 30.9 Å². The van der Waals surface area contributed by atoms with E-state index < -0.39 is 4.92 Å². The molecule has 0 spiro atoms. The molecule has 6 nitrogen and oxygen atoms in total. The van der Waals surface area contributed by atoms with Crippen LogP contribution in [-0.2, 0) is 0 Å². The van der Waals surface area contributed by atoms with E-state index in [-0.39, 0.29) is 42.3 Å². The molecule has 1 saturated heterocycles. The minimum Gasteiger partial charge on any atom is -0.502 e. The average Bonchev–Trinajstić information content (AvgIpc) is 2.45. The first-order chi connectivity index (χ1) is 10.6. The normalized spacial score (nSPS) is 19.5. The van der Waals surface area contributed by atoms with Crippen LogP contribution in [0.4, 0.5) is 5.69 Å². The summed E-state index contributed by atoms with van der Waals surface area (Å²) in [6.07, 6.45) is 3.44. The highest BCUT2D eigenvalue weighted by molar-refractivity contribution is 9.10. The SMILES string of the molecule is Cl.Cl.O=[N+]([O-])c1cc(Br)cc([C@@H](C2CCC2)N2CCNCC2)c1O. The number of benzene rings is 1. The molecule has 1 aliphatic carbocycles. The fourth-order valence-electron chi connectivity index (χ4n) is 3.43. The van der Waals surface area contributed by atoms with Crippen molar-refractivity contribution in [2.45, 2.75) is 25.3 Å². The Balaban J connectivity index is 0.00000144.